The van der Waals surface area contributed by atoms with Crippen molar-refractivity contribution in [2.45, 2.75) is 31.7 Å². The Morgan fingerprint density at radius 1 is 0.861 bits per heavy atom. The summed E-state index contributed by atoms with van der Waals surface area (Å²) in [4.78, 5) is 40.8. The molecule has 0 bridgehead atoms. The van der Waals surface area contributed by atoms with Gasteiger partial charge in [0.25, 0.3) is 0 Å². The Labute approximate surface area is 211 Å². The molecule has 36 heavy (non-hydrogen) atoms. The molecule has 0 spiro atoms. The number of hydrogen-bond donors (Lipinski definition) is 3. The van der Waals surface area contributed by atoms with Gasteiger partial charge in [0, 0.05) is 19.2 Å². The Bertz CT molecular complexity index is 1110. The van der Waals surface area contributed by atoms with Gasteiger partial charge in [-0.05, 0) is 41.7 Å². The van der Waals surface area contributed by atoms with E-state index >= 15 is 0 Å². The Hall–Kier alpha value is -4.20. The van der Waals surface area contributed by atoms with Crippen molar-refractivity contribution in [3.8, 4) is 11.1 Å². The summed E-state index contributed by atoms with van der Waals surface area (Å²) in [7, 11) is 1.31. The van der Waals surface area contributed by atoms with Crippen LogP contribution in [0.25, 0.3) is 11.1 Å². The molecule has 3 rings (SSSR count). The van der Waals surface area contributed by atoms with E-state index in [-0.39, 0.29) is 24.8 Å². The van der Waals surface area contributed by atoms with Crippen molar-refractivity contribution in [1.82, 2.24) is 15.6 Å². The highest BCUT2D eigenvalue weighted by Gasteiger charge is 2.19. The van der Waals surface area contributed by atoms with Crippen LogP contribution >= 0.6 is 0 Å². The van der Waals surface area contributed by atoms with Crippen LogP contribution in [0.5, 0.6) is 0 Å². The van der Waals surface area contributed by atoms with Crippen LogP contribution in [0.2, 0.25) is 0 Å². The molecule has 3 aromatic rings. The van der Waals surface area contributed by atoms with E-state index in [4.69, 9.17) is 4.74 Å². The lowest BCUT2D eigenvalue weighted by molar-refractivity contribution is -0.141. The van der Waals surface area contributed by atoms with Crippen molar-refractivity contribution >= 4 is 23.6 Å². The number of anilines is 1. The van der Waals surface area contributed by atoms with Gasteiger partial charge in [-0.3, -0.25) is 14.4 Å². The third-order valence-corrected chi connectivity index (χ3v) is 5.60. The fourth-order valence-corrected chi connectivity index (χ4v) is 3.65. The number of nitrogens with one attached hydrogen (secondary N) is 3. The van der Waals surface area contributed by atoms with Gasteiger partial charge >= 0.3 is 5.97 Å². The number of benzene rings is 2. The minimum atomic E-state index is -0.565. The number of nitrogens with zero attached hydrogens (tertiary/aromatic N) is 1. The molecule has 1 aromatic heterocycles. The summed E-state index contributed by atoms with van der Waals surface area (Å²) >= 11 is 0. The maximum atomic E-state index is 12.5. The molecule has 0 radical (unpaired) electrons. The molecule has 2 aromatic carbocycles. The molecule has 1 unspecified atom stereocenters. The lowest BCUT2D eigenvalue weighted by Crippen LogP contribution is -2.39. The van der Waals surface area contributed by atoms with E-state index in [0.29, 0.717) is 19.4 Å². The van der Waals surface area contributed by atoms with Gasteiger partial charge in [-0.2, -0.15) is 0 Å². The molecule has 0 aliphatic heterocycles. The second-order valence-electron chi connectivity index (χ2n) is 8.26. The molecule has 3 N–H and O–H groups in total. The van der Waals surface area contributed by atoms with E-state index in [2.05, 4.69) is 20.9 Å². The molecule has 8 heteroatoms. The maximum absolute atomic E-state index is 12.5. The smallest absolute Gasteiger partial charge is 0.307 e. The van der Waals surface area contributed by atoms with Crippen molar-refractivity contribution in [3.05, 3.63) is 84.6 Å². The number of aromatic nitrogens is 1. The summed E-state index contributed by atoms with van der Waals surface area (Å²) in [5, 5.41) is 8.68. The van der Waals surface area contributed by atoms with E-state index in [9.17, 15) is 14.4 Å². The van der Waals surface area contributed by atoms with E-state index in [1.165, 1.54) is 7.11 Å². The third kappa shape index (κ3) is 8.87. The van der Waals surface area contributed by atoms with Gasteiger partial charge in [0.05, 0.1) is 26.1 Å². The lowest BCUT2D eigenvalue weighted by atomic mass is 9.99. The van der Waals surface area contributed by atoms with Crippen LogP contribution in [-0.4, -0.2) is 43.0 Å². The average Bonchev–Trinajstić information content (AvgIpc) is 2.92. The number of pyridine rings is 1. The first-order valence-electron chi connectivity index (χ1n) is 12.0. The van der Waals surface area contributed by atoms with Crippen molar-refractivity contribution in [1.29, 1.82) is 0 Å². The van der Waals surface area contributed by atoms with Crippen LogP contribution in [-0.2, 0) is 19.1 Å². The molecule has 188 valence electrons. The number of esters is 1. The van der Waals surface area contributed by atoms with Crippen molar-refractivity contribution in [2.75, 3.05) is 25.5 Å². The summed E-state index contributed by atoms with van der Waals surface area (Å²) in [6.45, 7) is 0.549. The highest BCUT2D eigenvalue weighted by atomic mass is 16.5. The van der Waals surface area contributed by atoms with E-state index in [0.717, 1.165) is 28.9 Å². The molecule has 0 aliphatic rings. The number of unbranched alkanes of at least 4 members (excludes halogenated alkanes) is 1. The van der Waals surface area contributed by atoms with Gasteiger partial charge in [0.2, 0.25) is 11.8 Å². The zero-order chi connectivity index (χ0) is 25.6. The quantitative estimate of drug-likeness (QED) is 0.249. The number of carbonyl (C=O) groups is 3. The van der Waals surface area contributed by atoms with Gasteiger partial charge in [0.1, 0.15) is 5.82 Å². The second-order valence-corrected chi connectivity index (χ2v) is 8.26. The normalized spacial score (nSPS) is 11.2. The molecule has 0 aliphatic carbocycles. The summed E-state index contributed by atoms with van der Waals surface area (Å²) in [6, 6.07) is 22.7. The number of carbonyl (C=O) groups excluding carboxylic acids is 3. The molecule has 2 amide bonds. The van der Waals surface area contributed by atoms with E-state index in [1.807, 2.05) is 72.8 Å². The van der Waals surface area contributed by atoms with Gasteiger partial charge in [-0.15, -0.1) is 0 Å². The predicted octanol–water partition coefficient (Wildman–Crippen LogP) is 3.87. The zero-order valence-corrected chi connectivity index (χ0v) is 20.4. The zero-order valence-electron chi connectivity index (χ0n) is 20.4. The average molecular weight is 489 g/mol. The Morgan fingerprint density at radius 2 is 1.58 bits per heavy atom. The minimum Gasteiger partial charge on any atom is -0.469 e. The molecule has 1 atom stereocenters. The molecule has 0 saturated heterocycles. The maximum Gasteiger partial charge on any atom is 0.307 e. The second kappa shape index (κ2) is 14.3. The van der Waals surface area contributed by atoms with Crippen LogP contribution in [0.15, 0.2) is 79.0 Å². The molecule has 0 saturated carbocycles. The largest absolute Gasteiger partial charge is 0.469 e. The van der Waals surface area contributed by atoms with E-state index < -0.39 is 12.0 Å². The fraction of sp³-hybridized carbons (Fsp3) is 0.286. The van der Waals surface area contributed by atoms with Crippen LogP contribution in [0.4, 0.5) is 5.82 Å². The summed E-state index contributed by atoms with van der Waals surface area (Å²) in [5.41, 5.74) is 2.89. The van der Waals surface area contributed by atoms with Gasteiger partial charge in [-0.25, -0.2) is 4.98 Å². The lowest BCUT2D eigenvalue weighted by Gasteiger charge is -2.19. The number of ether oxygens (including phenoxy) is 1. The Kier molecular flexibility index (Phi) is 10.5. The van der Waals surface area contributed by atoms with Crippen molar-refractivity contribution in [2.24, 2.45) is 0 Å². The summed E-state index contributed by atoms with van der Waals surface area (Å²) in [5.74, 6) is -0.202. The van der Waals surface area contributed by atoms with Crippen LogP contribution in [0.1, 0.15) is 37.3 Å². The van der Waals surface area contributed by atoms with E-state index in [1.54, 1.807) is 6.20 Å². The summed E-state index contributed by atoms with van der Waals surface area (Å²) in [6.07, 6.45) is 3.52. The van der Waals surface area contributed by atoms with Gasteiger partial charge in [-0.1, -0.05) is 60.7 Å². The van der Waals surface area contributed by atoms with Crippen molar-refractivity contribution < 1.29 is 19.1 Å². The van der Waals surface area contributed by atoms with Crippen molar-refractivity contribution in [3.63, 3.8) is 0 Å². The fourth-order valence-electron chi connectivity index (χ4n) is 3.65. The highest BCUT2D eigenvalue weighted by Crippen LogP contribution is 2.23. The monoisotopic (exact) mass is 488 g/mol. The topological polar surface area (TPSA) is 109 Å². The standard InChI is InChI=1S/C28H32N4O4/c1-36-28(35)19-24(23-15-13-22(14-16-23)21-9-3-2-4-10-21)32-27(34)20-31-26(33)12-6-8-18-30-25-11-5-7-17-29-25/h2-5,7,9-11,13-17,24H,6,8,12,18-20H2,1H3,(H,29,30)(H,31,33)(H,32,34). The number of hydrogen-bond acceptors (Lipinski definition) is 6. The predicted molar refractivity (Wildman–Crippen MR) is 139 cm³/mol. The van der Waals surface area contributed by atoms with Gasteiger partial charge in [0.15, 0.2) is 0 Å². The highest BCUT2D eigenvalue weighted by molar-refractivity contribution is 5.85. The first-order chi connectivity index (χ1) is 17.5. The number of amides is 2. The first kappa shape index (κ1) is 26.4. The van der Waals surface area contributed by atoms with Crippen LogP contribution < -0.4 is 16.0 Å². The SMILES string of the molecule is COC(=O)CC(NC(=O)CNC(=O)CCCCNc1ccccn1)c1ccc(-c2ccccc2)cc1. The summed E-state index contributed by atoms with van der Waals surface area (Å²) < 4.78 is 4.80. The number of methoxy groups -OCH3 is 1. The van der Waals surface area contributed by atoms with Gasteiger partial charge < -0.3 is 20.7 Å². The van der Waals surface area contributed by atoms with Crippen LogP contribution in [0, 0.1) is 0 Å². The molecule has 8 nitrogen and oxygen atoms in total. The first-order valence-corrected chi connectivity index (χ1v) is 12.0. The number of rotatable bonds is 13. The van der Waals surface area contributed by atoms with Crippen LogP contribution in [0.3, 0.4) is 0 Å². The third-order valence-electron chi connectivity index (χ3n) is 5.60. The molecule has 0 fully saturated rings. The molecule has 1 heterocycles. The Morgan fingerprint density at radius 3 is 2.28 bits per heavy atom. The Balaban J connectivity index is 1.45. The molecular formula is C28H32N4O4. The molecular weight excluding hydrogens is 456 g/mol. The minimum absolute atomic E-state index is 0.00978.